The Labute approximate surface area is 60.8 Å². The van der Waals surface area contributed by atoms with Crippen molar-refractivity contribution in [3.63, 3.8) is 0 Å². The number of ketones is 2. The van der Waals surface area contributed by atoms with Gasteiger partial charge in [-0.2, -0.15) is 0 Å². The van der Waals surface area contributed by atoms with Gasteiger partial charge in [0.25, 0.3) is 0 Å². The molecule has 0 saturated carbocycles. The molecule has 0 aromatic carbocycles. The van der Waals surface area contributed by atoms with E-state index in [2.05, 4.69) is 5.32 Å². The lowest BCUT2D eigenvalue weighted by molar-refractivity contribution is -0.123. The maximum Gasteiger partial charge on any atom is 0.147 e. The van der Waals surface area contributed by atoms with Crippen molar-refractivity contribution in [1.29, 1.82) is 0 Å². The lowest BCUT2D eigenvalue weighted by atomic mass is 10.1. The Kier molecular flexibility index (Phi) is 3.88. The molecule has 0 bridgehead atoms. The summed E-state index contributed by atoms with van der Waals surface area (Å²) in [6.45, 7) is 2.96. The van der Waals surface area contributed by atoms with Gasteiger partial charge < -0.3 is 5.32 Å². The fourth-order valence-corrected chi connectivity index (χ4v) is 0.737. The molecule has 0 spiro atoms. The number of nitrogens with one attached hydrogen (secondary N) is 1. The van der Waals surface area contributed by atoms with Crippen LogP contribution >= 0.6 is 0 Å². The van der Waals surface area contributed by atoms with Gasteiger partial charge in [0.15, 0.2) is 0 Å². The Balaban J connectivity index is 3.83. The van der Waals surface area contributed by atoms with Crippen LogP contribution in [0.4, 0.5) is 0 Å². The number of rotatable bonds is 4. The molecule has 3 heteroatoms. The van der Waals surface area contributed by atoms with Crippen molar-refractivity contribution in [2.24, 2.45) is 0 Å². The van der Waals surface area contributed by atoms with E-state index in [9.17, 15) is 9.59 Å². The van der Waals surface area contributed by atoms with Crippen molar-refractivity contribution < 1.29 is 9.59 Å². The van der Waals surface area contributed by atoms with Gasteiger partial charge in [-0.05, 0) is 20.9 Å². The van der Waals surface area contributed by atoms with Crippen LogP contribution in [0.5, 0.6) is 0 Å². The van der Waals surface area contributed by atoms with Crippen molar-refractivity contribution in [3.8, 4) is 0 Å². The topological polar surface area (TPSA) is 46.2 Å². The highest BCUT2D eigenvalue weighted by molar-refractivity contribution is 5.87. The zero-order chi connectivity index (χ0) is 8.15. The molecule has 0 unspecified atom stereocenters. The Morgan fingerprint density at radius 1 is 1.40 bits per heavy atom. The van der Waals surface area contributed by atoms with Gasteiger partial charge in [-0.1, -0.05) is 0 Å². The summed E-state index contributed by atoms with van der Waals surface area (Å²) in [5.74, 6) is 0.0484. The van der Waals surface area contributed by atoms with Gasteiger partial charge in [0.2, 0.25) is 0 Å². The van der Waals surface area contributed by atoms with Gasteiger partial charge in [-0.25, -0.2) is 0 Å². The van der Waals surface area contributed by atoms with Crippen LogP contribution in [0.2, 0.25) is 0 Å². The molecule has 1 N–H and O–H groups in total. The summed E-state index contributed by atoms with van der Waals surface area (Å²) in [5.41, 5.74) is 0. The number of hydrogen-bond acceptors (Lipinski definition) is 3. The second-order valence-corrected chi connectivity index (χ2v) is 2.36. The van der Waals surface area contributed by atoms with Crippen LogP contribution < -0.4 is 5.32 Å². The predicted octanol–water partition coefficient (Wildman–Crippen LogP) is 0.142. The van der Waals surface area contributed by atoms with Crippen LogP contribution in [0, 0.1) is 0 Å². The second-order valence-electron chi connectivity index (χ2n) is 2.36. The SMILES string of the molecule is CN[C@@H](CC(C)=O)C(C)=O. The fraction of sp³-hybridized carbons (Fsp3) is 0.714. The van der Waals surface area contributed by atoms with E-state index in [1.165, 1.54) is 13.8 Å². The first-order valence-corrected chi connectivity index (χ1v) is 3.25. The highest BCUT2D eigenvalue weighted by Crippen LogP contribution is 1.92. The van der Waals surface area contributed by atoms with Crippen molar-refractivity contribution >= 4 is 11.6 Å². The molecule has 3 nitrogen and oxygen atoms in total. The van der Waals surface area contributed by atoms with E-state index in [1.54, 1.807) is 7.05 Å². The Hall–Kier alpha value is -0.700. The Bertz CT molecular complexity index is 143. The third-order valence-corrected chi connectivity index (χ3v) is 1.33. The number of carbonyl (C=O) groups excluding carboxylic acids is 2. The Morgan fingerprint density at radius 3 is 2.00 bits per heavy atom. The molecule has 0 aliphatic heterocycles. The first kappa shape index (κ1) is 9.30. The predicted molar refractivity (Wildman–Crippen MR) is 38.8 cm³/mol. The minimum atomic E-state index is -0.294. The maximum atomic E-state index is 10.7. The molecule has 0 radical (unpaired) electrons. The van der Waals surface area contributed by atoms with E-state index in [1.807, 2.05) is 0 Å². The van der Waals surface area contributed by atoms with E-state index < -0.39 is 0 Å². The number of likely N-dealkylation sites (N-methyl/N-ethyl adjacent to an activating group) is 1. The average Bonchev–Trinajstić information content (AvgIpc) is 1.81. The van der Waals surface area contributed by atoms with Crippen LogP contribution in [-0.4, -0.2) is 24.7 Å². The Morgan fingerprint density at radius 2 is 1.90 bits per heavy atom. The van der Waals surface area contributed by atoms with Crippen molar-refractivity contribution in [2.75, 3.05) is 7.05 Å². The normalized spacial score (nSPS) is 12.7. The van der Waals surface area contributed by atoms with Crippen LogP contribution in [0.15, 0.2) is 0 Å². The van der Waals surface area contributed by atoms with E-state index in [-0.39, 0.29) is 17.6 Å². The molecule has 58 valence electrons. The fourth-order valence-electron chi connectivity index (χ4n) is 0.737. The maximum absolute atomic E-state index is 10.7. The van der Waals surface area contributed by atoms with Gasteiger partial charge in [-0.3, -0.25) is 9.59 Å². The molecule has 0 aliphatic rings. The third kappa shape index (κ3) is 3.35. The molecule has 10 heavy (non-hydrogen) atoms. The first-order valence-electron chi connectivity index (χ1n) is 3.25. The second kappa shape index (κ2) is 4.17. The smallest absolute Gasteiger partial charge is 0.147 e. The van der Waals surface area contributed by atoms with Gasteiger partial charge in [0, 0.05) is 6.42 Å². The number of carbonyl (C=O) groups is 2. The molecule has 0 aliphatic carbocycles. The zero-order valence-electron chi connectivity index (χ0n) is 6.60. The minimum absolute atomic E-state index is 0.0118. The highest BCUT2D eigenvalue weighted by Gasteiger charge is 2.12. The largest absolute Gasteiger partial charge is 0.310 e. The molecule has 0 heterocycles. The van der Waals surface area contributed by atoms with E-state index in [4.69, 9.17) is 0 Å². The van der Waals surface area contributed by atoms with Crippen LogP contribution in [0.25, 0.3) is 0 Å². The summed E-state index contributed by atoms with van der Waals surface area (Å²) >= 11 is 0. The number of hydrogen-bond donors (Lipinski definition) is 1. The summed E-state index contributed by atoms with van der Waals surface area (Å²) < 4.78 is 0. The molecule has 0 saturated heterocycles. The van der Waals surface area contributed by atoms with Crippen LogP contribution in [0.1, 0.15) is 20.3 Å². The summed E-state index contributed by atoms with van der Waals surface area (Å²) in [4.78, 5) is 21.2. The van der Waals surface area contributed by atoms with Crippen LogP contribution in [-0.2, 0) is 9.59 Å². The third-order valence-electron chi connectivity index (χ3n) is 1.33. The van der Waals surface area contributed by atoms with Crippen molar-refractivity contribution in [1.82, 2.24) is 5.32 Å². The molecule has 0 amide bonds. The van der Waals surface area contributed by atoms with Crippen molar-refractivity contribution in [3.05, 3.63) is 0 Å². The molecule has 0 fully saturated rings. The monoisotopic (exact) mass is 143 g/mol. The van der Waals surface area contributed by atoms with Crippen LogP contribution in [0.3, 0.4) is 0 Å². The number of Topliss-reactive ketones (excluding diaryl/α,β-unsaturated/α-hetero) is 2. The van der Waals surface area contributed by atoms with E-state index in [0.717, 1.165) is 0 Å². The van der Waals surface area contributed by atoms with Gasteiger partial charge in [0.1, 0.15) is 11.6 Å². The molecular weight excluding hydrogens is 130 g/mol. The quantitative estimate of drug-likeness (QED) is 0.609. The lowest BCUT2D eigenvalue weighted by Gasteiger charge is -2.08. The lowest BCUT2D eigenvalue weighted by Crippen LogP contribution is -2.33. The molecular formula is C7H13NO2. The molecule has 0 rings (SSSR count). The summed E-state index contributed by atoms with van der Waals surface area (Å²) in [5, 5.41) is 2.76. The highest BCUT2D eigenvalue weighted by atomic mass is 16.1. The van der Waals surface area contributed by atoms with Gasteiger partial charge in [-0.15, -0.1) is 0 Å². The summed E-state index contributed by atoms with van der Waals surface area (Å²) in [6.07, 6.45) is 0.297. The molecule has 0 aromatic heterocycles. The summed E-state index contributed by atoms with van der Waals surface area (Å²) in [6, 6.07) is -0.294. The zero-order valence-corrected chi connectivity index (χ0v) is 6.60. The summed E-state index contributed by atoms with van der Waals surface area (Å²) in [7, 11) is 1.68. The van der Waals surface area contributed by atoms with E-state index in [0.29, 0.717) is 6.42 Å². The van der Waals surface area contributed by atoms with Crippen molar-refractivity contribution in [2.45, 2.75) is 26.3 Å². The van der Waals surface area contributed by atoms with E-state index >= 15 is 0 Å². The molecule has 0 aromatic rings. The molecule has 1 atom stereocenters. The van der Waals surface area contributed by atoms with Gasteiger partial charge in [0.05, 0.1) is 6.04 Å². The van der Waals surface area contributed by atoms with Gasteiger partial charge >= 0.3 is 0 Å². The standard InChI is InChI=1S/C7H13NO2/c1-5(9)4-7(8-3)6(2)10/h7-8H,4H2,1-3H3/t7-/m0/s1. The average molecular weight is 143 g/mol. The first-order chi connectivity index (χ1) is 4.57. The minimum Gasteiger partial charge on any atom is -0.310 e.